The van der Waals surface area contributed by atoms with Crippen LogP contribution in [0, 0.1) is 5.92 Å². The molecule has 1 aliphatic carbocycles. The molecule has 1 N–H and O–H groups in total. The molecule has 1 saturated carbocycles. The molecule has 1 fully saturated rings. The molecule has 1 aromatic heterocycles. The van der Waals surface area contributed by atoms with Gasteiger partial charge in [-0.3, -0.25) is 4.79 Å². The molecule has 0 amide bonds. The van der Waals surface area contributed by atoms with E-state index in [-0.39, 0.29) is 11.6 Å². The van der Waals surface area contributed by atoms with Crippen molar-refractivity contribution in [1.82, 2.24) is 9.78 Å². The SMILES string of the molecule is CCC(C)Nc1c(Cl)cnn(CC2CCC2)c1=O. The van der Waals surface area contributed by atoms with Gasteiger partial charge in [-0.05, 0) is 32.1 Å². The van der Waals surface area contributed by atoms with Crippen LogP contribution < -0.4 is 10.9 Å². The van der Waals surface area contributed by atoms with Gasteiger partial charge in [-0.15, -0.1) is 0 Å². The van der Waals surface area contributed by atoms with E-state index in [1.165, 1.54) is 19.3 Å². The van der Waals surface area contributed by atoms with Gasteiger partial charge in [0, 0.05) is 12.6 Å². The van der Waals surface area contributed by atoms with Crippen molar-refractivity contribution in [2.45, 2.75) is 52.1 Å². The second kappa shape index (κ2) is 5.74. The molecule has 0 radical (unpaired) electrons. The second-order valence-corrected chi connectivity index (χ2v) is 5.51. The first kappa shape index (κ1) is 13.4. The van der Waals surface area contributed by atoms with E-state index in [1.807, 2.05) is 6.92 Å². The molecule has 0 spiro atoms. The highest BCUT2D eigenvalue weighted by atomic mass is 35.5. The fourth-order valence-electron chi connectivity index (χ4n) is 2.00. The third-order valence-corrected chi connectivity index (χ3v) is 3.94. The van der Waals surface area contributed by atoms with E-state index >= 15 is 0 Å². The summed E-state index contributed by atoms with van der Waals surface area (Å²) in [5, 5.41) is 7.71. The lowest BCUT2D eigenvalue weighted by Gasteiger charge is -2.25. The van der Waals surface area contributed by atoms with Crippen molar-refractivity contribution in [1.29, 1.82) is 0 Å². The van der Waals surface area contributed by atoms with Gasteiger partial charge in [0.25, 0.3) is 5.56 Å². The molecular formula is C13H20ClN3O. The Morgan fingerprint density at radius 2 is 2.33 bits per heavy atom. The molecule has 0 bridgehead atoms. The van der Waals surface area contributed by atoms with Crippen molar-refractivity contribution in [3.8, 4) is 0 Å². The summed E-state index contributed by atoms with van der Waals surface area (Å²) in [4.78, 5) is 12.3. The van der Waals surface area contributed by atoms with Crippen LogP contribution in [0.15, 0.2) is 11.0 Å². The summed E-state index contributed by atoms with van der Waals surface area (Å²) in [6, 6.07) is 0.231. The lowest BCUT2D eigenvalue weighted by Crippen LogP contribution is -2.32. The Morgan fingerprint density at radius 3 is 2.89 bits per heavy atom. The largest absolute Gasteiger partial charge is 0.377 e. The zero-order valence-electron chi connectivity index (χ0n) is 10.9. The van der Waals surface area contributed by atoms with E-state index in [9.17, 15) is 4.79 Å². The molecule has 2 rings (SSSR count). The van der Waals surface area contributed by atoms with E-state index in [2.05, 4.69) is 17.3 Å². The molecule has 1 aliphatic rings. The Labute approximate surface area is 112 Å². The van der Waals surface area contributed by atoms with E-state index in [1.54, 1.807) is 10.9 Å². The minimum absolute atomic E-state index is 0.102. The van der Waals surface area contributed by atoms with Gasteiger partial charge >= 0.3 is 0 Å². The number of nitrogens with zero attached hydrogens (tertiary/aromatic N) is 2. The van der Waals surface area contributed by atoms with Crippen LogP contribution in [0.5, 0.6) is 0 Å². The van der Waals surface area contributed by atoms with E-state index in [0.717, 1.165) is 6.42 Å². The highest BCUT2D eigenvalue weighted by molar-refractivity contribution is 6.33. The molecule has 1 aromatic rings. The second-order valence-electron chi connectivity index (χ2n) is 5.11. The van der Waals surface area contributed by atoms with Crippen molar-refractivity contribution in [3.63, 3.8) is 0 Å². The maximum absolute atomic E-state index is 12.3. The predicted molar refractivity (Wildman–Crippen MR) is 74.2 cm³/mol. The first-order valence-electron chi connectivity index (χ1n) is 6.64. The third-order valence-electron chi connectivity index (χ3n) is 3.66. The van der Waals surface area contributed by atoms with Gasteiger partial charge in [-0.1, -0.05) is 24.9 Å². The normalized spacial score (nSPS) is 17.3. The zero-order chi connectivity index (χ0) is 13.1. The number of aromatic nitrogens is 2. The summed E-state index contributed by atoms with van der Waals surface area (Å²) < 4.78 is 1.54. The molecule has 4 nitrogen and oxygen atoms in total. The van der Waals surface area contributed by atoms with Crippen molar-refractivity contribution in [3.05, 3.63) is 21.6 Å². The topological polar surface area (TPSA) is 46.9 Å². The zero-order valence-corrected chi connectivity index (χ0v) is 11.7. The standard InChI is InChI=1S/C13H20ClN3O/c1-3-9(2)16-12-11(14)7-15-17(13(12)18)8-10-5-4-6-10/h7,9-10,16H,3-6,8H2,1-2H3. The van der Waals surface area contributed by atoms with Crippen LogP contribution in [0.1, 0.15) is 39.5 Å². The summed E-state index contributed by atoms with van der Waals surface area (Å²) in [7, 11) is 0. The van der Waals surface area contributed by atoms with E-state index in [4.69, 9.17) is 11.6 Å². The van der Waals surface area contributed by atoms with Crippen molar-refractivity contribution >= 4 is 17.3 Å². The molecule has 0 aliphatic heterocycles. The number of anilines is 1. The minimum atomic E-state index is -0.102. The van der Waals surface area contributed by atoms with Crippen LogP contribution in [0.4, 0.5) is 5.69 Å². The Bertz CT molecular complexity index is 468. The van der Waals surface area contributed by atoms with Gasteiger partial charge in [-0.25, -0.2) is 4.68 Å². The lowest BCUT2D eigenvalue weighted by molar-refractivity contribution is 0.262. The fourth-order valence-corrected chi connectivity index (χ4v) is 2.18. The molecular weight excluding hydrogens is 250 g/mol. The first-order valence-corrected chi connectivity index (χ1v) is 7.01. The average molecular weight is 270 g/mol. The Hall–Kier alpha value is -1.03. The van der Waals surface area contributed by atoms with Crippen LogP contribution in [0.3, 0.4) is 0 Å². The molecule has 100 valence electrons. The highest BCUT2D eigenvalue weighted by Crippen LogP contribution is 2.27. The number of hydrogen-bond acceptors (Lipinski definition) is 3. The van der Waals surface area contributed by atoms with Crippen molar-refractivity contribution in [2.75, 3.05) is 5.32 Å². The number of halogens is 1. The van der Waals surface area contributed by atoms with Crippen molar-refractivity contribution < 1.29 is 0 Å². The first-order chi connectivity index (χ1) is 8.61. The summed E-state index contributed by atoms with van der Waals surface area (Å²) in [5.41, 5.74) is 0.384. The van der Waals surface area contributed by atoms with E-state index in [0.29, 0.717) is 23.2 Å². The molecule has 5 heteroatoms. The maximum Gasteiger partial charge on any atom is 0.291 e. The number of nitrogens with one attached hydrogen (secondary N) is 1. The fraction of sp³-hybridized carbons (Fsp3) is 0.692. The van der Waals surface area contributed by atoms with Crippen LogP contribution in [-0.2, 0) is 6.54 Å². The Morgan fingerprint density at radius 1 is 1.61 bits per heavy atom. The summed E-state index contributed by atoms with van der Waals surface area (Å²) in [5.74, 6) is 0.604. The van der Waals surface area contributed by atoms with Gasteiger partial charge < -0.3 is 5.32 Å². The van der Waals surface area contributed by atoms with Crippen LogP contribution in [-0.4, -0.2) is 15.8 Å². The lowest BCUT2D eigenvalue weighted by atomic mass is 9.85. The highest BCUT2D eigenvalue weighted by Gasteiger charge is 2.20. The quantitative estimate of drug-likeness (QED) is 0.894. The summed E-state index contributed by atoms with van der Waals surface area (Å²) in [6.07, 6.45) is 6.17. The van der Waals surface area contributed by atoms with Crippen molar-refractivity contribution in [2.24, 2.45) is 5.92 Å². The molecule has 1 atom stereocenters. The third kappa shape index (κ3) is 2.86. The molecule has 18 heavy (non-hydrogen) atoms. The molecule has 0 aromatic carbocycles. The monoisotopic (exact) mass is 269 g/mol. The van der Waals surface area contributed by atoms with Crippen LogP contribution in [0.25, 0.3) is 0 Å². The molecule has 1 heterocycles. The molecule has 0 saturated heterocycles. The summed E-state index contributed by atoms with van der Waals surface area (Å²) >= 11 is 6.05. The van der Waals surface area contributed by atoms with Gasteiger partial charge in [-0.2, -0.15) is 5.10 Å². The minimum Gasteiger partial charge on any atom is -0.377 e. The Balaban J connectivity index is 2.21. The Kier molecular flexibility index (Phi) is 4.27. The van der Waals surface area contributed by atoms with Crippen LogP contribution >= 0.6 is 11.6 Å². The van der Waals surface area contributed by atoms with Crippen LogP contribution in [0.2, 0.25) is 5.02 Å². The average Bonchev–Trinajstić information content (AvgIpc) is 2.31. The number of rotatable bonds is 5. The van der Waals surface area contributed by atoms with Gasteiger partial charge in [0.05, 0.1) is 11.2 Å². The van der Waals surface area contributed by atoms with E-state index < -0.39 is 0 Å². The maximum atomic E-state index is 12.3. The van der Waals surface area contributed by atoms with Gasteiger partial charge in [0.2, 0.25) is 0 Å². The van der Waals surface area contributed by atoms with Gasteiger partial charge in [0.1, 0.15) is 5.69 Å². The molecule has 1 unspecified atom stereocenters. The number of hydrogen-bond donors (Lipinski definition) is 1. The smallest absolute Gasteiger partial charge is 0.291 e. The predicted octanol–water partition coefficient (Wildman–Crippen LogP) is 2.91. The van der Waals surface area contributed by atoms with Gasteiger partial charge in [0.15, 0.2) is 0 Å². The summed E-state index contributed by atoms with van der Waals surface area (Å²) in [6.45, 7) is 4.82.